The number of esters is 1. The number of ether oxygens (including phenoxy) is 2. The van der Waals surface area contributed by atoms with Gasteiger partial charge in [-0.2, -0.15) is 0 Å². The highest BCUT2D eigenvalue weighted by atomic mass is 19.1. The van der Waals surface area contributed by atoms with Crippen LogP contribution in [0.5, 0.6) is 5.75 Å². The van der Waals surface area contributed by atoms with Crippen LogP contribution in [0.25, 0.3) is 11.4 Å². The average molecular weight is 522 g/mol. The zero-order chi connectivity index (χ0) is 27.2. The number of hydrogen-bond donors (Lipinski definition) is 0. The number of methoxy groups -OCH3 is 2. The maximum absolute atomic E-state index is 13.4. The molecule has 7 heteroatoms. The molecule has 0 spiro atoms. The van der Waals surface area contributed by atoms with E-state index >= 15 is 0 Å². The number of nitrogens with zero attached hydrogens (tertiary/aromatic N) is 3. The second-order valence-electron chi connectivity index (χ2n) is 9.42. The molecule has 0 unspecified atom stereocenters. The van der Waals surface area contributed by atoms with Gasteiger partial charge in [0.05, 0.1) is 49.3 Å². The summed E-state index contributed by atoms with van der Waals surface area (Å²) in [5, 5.41) is 0. The van der Waals surface area contributed by atoms with Gasteiger partial charge in [-0.3, -0.25) is 9.79 Å². The standard InChI is InChI=1S/C32H28FN3O3/c1-38-28-14-13-22(17-27(28)30-34-20-25(33)21-35-30)18-32(31(37)39-2)16-15-26(19-32)36-29(23-9-5-3-6-10-23)24-11-7-4-8-12-24/h3-17,20-21,26H,18-19H2,1-2H3/t26-,32+/m0/s1. The van der Waals surface area contributed by atoms with Crippen molar-refractivity contribution in [2.45, 2.75) is 18.9 Å². The van der Waals surface area contributed by atoms with Gasteiger partial charge in [0.15, 0.2) is 11.6 Å². The summed E-state index contributed by atoms with van der Waals surface area (Å²) in [4.78, 5) is 26.6. The minimum atomic E-state index is -0.906. The Morgan fingerprint density at radius 2 is 1.62 bits per heavy atom. The number of hydrogen-bond acceptors (Lipinski definition) is 6. The molecule has 0 N–H and O–H groups in total. The summed E-state index contributed by atoms with van der Waals surface area (Å²) in [5.74, 6) is 0.0405. The molecule has 3 aromatic carbocycles. The van der Waals surface area contributed by atoms with Gasteiger partial charge in [-0.15, -0.1) is 0 Å². The molecule has 196 valence electrons. The van der Waals surface area contributed by atoms with Crippen molar-refractivity contribution in [3.8, 4) is 17.1 Å². The molecular weight excluding hydrogens is 493 g/mol. The average Bonchev–Trinajstić information content (AvgIpc) is 3.40. The molecule has 6 nitrogen and oxygen atoms in total. The summed E-state index contributed by atoms with van der Waals surface area (Å²) in [5.41, 5.74) is 3.45. The van der Waals surface area contributed by atoms with Gasteiger partial charge in [0, 0.05) is 11.1 Å². The first kappa shape index (κ1) is 26.0. The first-order valence-electron chi connectivity index (χ1n) is 12.6. The molecule has 0 radical (unpaired) electrons. The van der Waals surface area contributed by atoms with E-state index in [2.05, 4.69) is 9.97 Å². The van der Waals surface area contributed by atoms with Crippen LogP contribution in [0, 0.1) is 11.2 Å². The number of aliphatic imine (C=N–C) groups is 1. The van der Waals surface area contributed by atoms with Crippen molar-refractivity contribution in [2.75, 3.05) is 14.2 Å². The van der Waals surface area contributed by atoms with E-state index in [-0.39, 0.29) is 12.0 Å². The topological polar surface area (TPSA) is 73.7 Å². The van der Waals surface area contributed by atoms with Crippen LogP contribution in [0.1, 0.15) is 23.1 Å². The molecule has 0 amide bonds. The summed E-state index contributed by atoms with van der Waals surface area (Å²) in [7, 11) is 2.96. The van der Waals surface area contributed by atoms with Crippen LogP contribution in [0.4, 0.5) is 4.39 Å². The van der Waals surface area contributed by atoms with E-state index in [1.54, 1.807) is 13.2 Å². The molecule has 0 saturated carbocycles. The Bertz CT molecular complexity index is 1460. The van der Waals surface area contributed by atoms with Crippen molar-refractivity contribution in [1.29, 1.82) is 0 Å². The van der Waals surface area contributed by atoms with Crippen LogP contribution in [0.3, 0.4) is 0 Å². The fourth-order valence-corrected chi connectivity index (χ4v) is 4.98. The van der Waals surface area contributed by atoms with Gasteiger partial charge in [0.25, 0.3) is 0 Å². The normalized spacial score (nSPS) is 18.0. The number of rotatable bonds is 8. The van der Waals surface area contributed by atoms with Crippen molar-refractivity contribution in [2.24, 2.45) is 10.4 Å². The Labute approximate surface area is 226 Å². The van der Waals surface area contributed by atoms with Crippen LogP contribution in [0.15, 0.2) is 108 Å². The molecule has 39 heavy (non-hydrogen) atoms. The number of benzene rings is 3. The third-order valence-electron chi connectivity index (χ3n) is 6.84. The maximum Gasteiger partial charge on any atom is 0.316 e. The number of aromatic nitrogens is 2. The minimum absolute atomic E-state index is 0.224. The minimum Gasteiger partial charge on any atom is -0.496 e. The first-order chi connectivity index (χ1) is 19.0. The summed E-state index contributed by atoms with van der Waals surface area (Å²) in [6, 6.07) is 25.4. The van der Waals surface area contributed by atoms with Crippen LogP contribution in [-0.4, -0.2) is 41.9 Å². The molecule has 1 heterocycles. The maximum atomic E-state index is 13.4. The number of halogens is 1. The molecule has 1 aromatic heterocycles. The SMILES string of the molecule is COC(=O)[C@@]1(Cc2ccc(OC)c(-c3ncc(F)cn3)c2)C=C[C@H](N=C(c2ccccc2)c2ccccc2)C1. The Morgan fingerprint density at radius 1 is 0.974 bits per heavy atom. The van der Waals surface area contributed by atoms with E-state index in [9.17, 15) is 9.18 Å². The molecule has 0 saturated heterocycles. The fourth-order valence-electron chi connectivity index (χ4n) is 4.98. The van der Waals surface area contributed by atoms with E-state index in [4.69, 9.17) is 14.5 Å². The van der Waals surface area contributed by atoms with Crippen LogP contribution in [0.2, 0.25) is 0 Å². The Hall–Kier alpha value is -4.65. The molecular formula is C32H28FN3O3. The lowest BCUT2D eigenvalue weighted by Gasteiger charge is -2.26. The molecule has 5 rings (SSSR count). The van der Waals surface area contributed by atoms with E-state index in [1.807, 2.05) is 84.9 Å². The number of carbonyl (C=O) groups is 1. The highest BCUT2D eigenvalue weighted by molar-refractivity contribution is 6.13. The first-order valence-corrected chi connectivity index (χ1v) is 12.6. The van der Waals surface area contributed by atoms with Gasteiger partial charge >= 0.3 is 5.97 Å². The van der Waals surface area contributed by atoms with E-state index in [1.165, 1.54) is 7.11 Å². The lowest BCUT2D eigenvalue weighted by atomic mass is 9.80. The summed E-state index contributed by atoms with van der Waals surface area (Å²) in [6.45, 7) is 0. The Morgan fingerprint density at radius 3 is 2.21 bits per heavy atom. The second-order valence-corrected chi connectivity index (χ2v) is 9.42. The Kier molecular flexibility index (Phi) is 7.59. The monoisotopic (exact) mass is 521 g/mol. The summed E-state index contributed by atoms with van der Waals surface area (Å²) >= 11 is 0. The molecule has 0 aliphatic heterocycles. The van der Waals surface area contributed by atoms with Crippen LogP contribution >= 0.6 is 0 Å². The molecule has 1 aliphatic rings. The van der Waals surface area contributed by atoms with Crippen molar-refractivity contribution in [3.63, 3.8) is 0 Å². The van der Waals surface area contributed by atoms with Gasteiger partial charge < -0.3 is 9.47 Å². The van der Waals surface area contributed by atoms with E-state index in [0.29, 0.717) is 30.0 Å². The van der Waals surface area contributed by atoms with Gasteiger partial charge in [0.1, 0.15) is 5.75 Å². The molecule has 2 atom stereocenters. The van der Waals surface area contributed by atoms with Crippen molar-refractivity contribution in [1.82, 2.24) is 9.97 Å². The third kappa shape index (κ3) is 5.62. The lowest BCUT2D eigenvalue weighted by Crippen LogP contribution is -2.32. The van der Waals surface area contributed by atoms with Gasteiger partial charge in [-0.05, 0) is 30.5 Å². The van der Waals surface area contributed by atoms with Gasteiger partial charge in [0.2, 0.25) is 0 Å². The lowest BCUT2D eigenvalue weighted by molar-refractivity contribution is -0.149. The molecule has 0 bridgehead atoms. The number of carbonyl (C=O) groups excluding carboxylic acids is 1. The summed E-state index contributed by atoms with van der Waals surface area (Å²) in [6.07, 6.45) is 6.96. The molecule has 4 aromatic rings. The molecule has 1 aliphatic carbocycles. The van der Waals surface area contributed by atoms with Crippen molar-refractivity contribution in [3.05, 3.63) is 126 Å². The summed E-state index contributed by atoms with van der Waals surface area (Å²) < 4.78 is 24.2. The smallest absolute Gasteiger partial charge is 0.316 e. The predicted octanol–water partition coefficient (Wildman–Crippen LogP) is 5.86. The van der Waals surface area contributed by atoms with E-state index < -0.39 is 11.2 Å². The highest BCUT2D eigenvalue weighted by Gasteiger charge is 2.43. The van der Waals surface area contributed by atoms with Crippen molar-refractivity contribution >= 4 is 11.7 Å². The van der Waals surface area contributed by atoms with Crippen LogP contribution < -0.4 is 4.74 Å². The molecule has 0 fully saturated rings. The highest BCUT2D eigenvalue weighted by Crippen LogP contribution is 2.40. The quantitative estimate of drug-likeness (QED) is 0.165. The Balaban J connectivity index is 1.48. The second kappa shape index (κ2) is 11.4. The largest absolute Gasteiger partial charge is 0.496 e. The third-order valence-corrected chi connectivity index (χ3v) is 6.84. The van der Waals surface area contributed by atoms with Gasteiger partial charge in [-0.1, -0.05) is 78.9 Å². The van der Waals surface area contributed by atoms with Crippen molar-refractivity contribution < 1.29 is 18.7 Å². The van der Waals surface area contributed by atoms with Gasteiger partial charge in [-0.25, -0.2) is 14.4 Å². The zero-order valence-corrected chi connectivity index (χ0v) is 21.8. The predicted molar refractivity (Wildman–Crippen MR) is 148 cm³/mol. The fraction of sp³-hybridized carbons (Fsp3) is 0.188. The van der Waals surface area contributed by atoms with Crippen LogP contribution in [-0.2, 0) is 16.0 Å². The van der Waals surface area contributed by atoms with E-state index in [0.717, 1.165) is 34.8 Å². The zero-order valence-electron chi connectivity index (χ0n) is 21.8.